The molecule has 1 aliphatic carbocycles. The Kier molecular flexibility index (Phi) is 6.57. The molecule has 1 saturated heterocycles. The molecule has 1 heterocycles. The Balaban J connectivity index is 1.60. The molecule has 2 rings (SSSR count). The second-order valence-electron chi connectivity index (χ2n) is 6.07. The smallest absolute Gasteiger partial charge is 0.0593 e. The summed E-state index contributed by atoms with van der Waals surface area (Å²) >= 11 is 0. The molecule has 4 heteroatoms. The van der Waals surface area contributed by atoms with Crippen molar-refractivity contribution in [2.75, 3.05) is 53.1 Å². The quantitative estimate of drug-likeness (QED) is 0.608. The highest BCUT2D eigenvalue weighted by Gasteiger charge is 2.26. The molecule has 0 aromatic carbocycles. The highest BCUT2D eigenvalue weighted by Crippen LogP contribution is 2.28. The van der Waals surface area contributed by atoms with Crippen LogP contribution in [-0.4, -0.2) is 64.1 Å². The Morgan fingerprint density at radius 2 is 2.21 bits per heavy atom. The molecule has 19 heavy (non-hydrogen) atoms. The third-order valence-electron chi connectivity index (χ3n) is 4.18. The van der Waals surface area contributed by atoms with Crippen molar-refractivity contribution in [2.24, 2.45) is 11.8 Å². The van der Waals surface area contributed by atoms with Gasteiger partial charge in [-0.05, 0) is 38.8 Å². The van der Waals surface area contributed by atoms with E-state index in [1.165, 1.54) is 19.3 Å². The first-order chi connectivity index (χ1) is 9.29. The fourth-order valence-corrected chi connectivity index (χ4v) is 2.69. The lowest BCUT2D eigenvalue weighted by Gasteiger charge is -2.28. The van der Waals surface area contributed by atoms with E-state index in [9.17, 15) is 0 Å². The maximum atomic E-state index is 5.71. The van der Waals surface area contributed by atoms with Crippen molar-refractivity contribution in [3.8, 4) is 0 Å². The van der Waals surface area contributed by atoms with E-state index < -0.39 is 0 Å². The summed E-state index contributed by atoms with van der Waals surface area (Å²) in [6.45, 7) is 9.03. The largest absolute Gasteiger partial charge is 0.381 e. The zero-order valence-electron chi connectivity index (χ0n) is 12.6. The normalized spacial score (nSPS) is 25.1. The van der Waals surface area contributed by atoms with Crippen LogP contribution in [0.15, 0.2) is 0 Å². The summed E-state index contributed by atoms with van der Waals surface area (Å²) in [7, 11) is 2.20. The van der Waals surface area contributed by atoms with Gasteiger partial charge in [-0.15, -0.1) is 0 Å². The SMILES string of the molecule is CCNC(CN(C)CCOCC1CC1)C1CCOC1. The van der Waals surface area contributed by atoms with Crippen molar-refractivity contribution < 1.29 is 9.47 Å². The summed E-state index contributed by atoms with van der Waals surface area (Å²) in [4.78, 5) is 2.39. The number of hydrogen-bond acceptors (Lipinski definition) is 4. The van der Waals surface area contributed by atoms with Crippen LogP contribution in [0.2, 0.25) is 0 Å². The van der Waals surface area contributed by atoms with Gasteiger partial charge in [0, 0.05) is 38.3 Å². The van der Waals surface area contributed by atoms with Gasteiger partial charge in [0.2, 0.25) is 0 Å². The average Bonchev–Trinajstić information content (AvgIpc) is 3.05. The second kappa shape index (κ2) is 8.20. The molecule has 2 unspecified atom stereocenters. The van der Waals surface area contributed by atoms with E-state index in [0.29, 0.717) is 12.0 Å². The number of ether oxygens (including phenoxy) is 2. The molecule has 2 aliphatic rings. The summed E-state index contributed by atoms with van der Waals surface area (Å²) in [6.07, 6.45) is 3.95. The van der Waals surface area contributed by atoms with E-state index in [2.05, 4.69) is 24.2 Å². The fourth-order valence-electron chi connectivity index (χ4n) is 2.69. The Hall–Kier alpha value is -0.160. The Morgan fingerprint density at radius 1 is 1.37 bits per heavy atom. The van der Waals surface area contributed by atoms with E-state index in [4.69, 9.17) is 9.47 Å². The molecular weight excluding hydrogens is 240 g/mol. The maximum Gasteiger partial charge on any atom is 0.0593 e. The van der Waals surface area contributed by atoms with E-state index >= 15 is 0 Å². The van der Waals surface area contributed by atoms with Gasteiger partial charge in [-0.3, -0.25) is 0 Å². The third-order valence-corrected chi connectivity index (χ3v) is 4.18. The van der Waals surface area contributed by atoms with Crippen molar-refractivity contribution in [3.63, 3.8) is 0 Å². The van der Waals surface area contributed by atoms with Gasteiger partial charge in [-0.2, -0.15) is 0 Å². The van der Waals surface area contributed by atoms with Gasteiger partial charge < -0.3 is 19.7 Å². The highest BCUT2D eigenvalue weighted by molar-refractivity contribution is 4.81. The van der Waals surface area contributed by atoms with Crippen LogP contribution in [0.3, 0.4) is 0 Å². The predicted octanol–water partition coefficient (Wildman–Crippen LogP) is 1.36. The number of nitrogens with one attached hydrogen (secondary N) is 1. The fraction of sp³-hybridized carbons (Fsp3) is 1.00. The molecule has 0 aromatic rings. The molecule has 4 nitrogen and oxygen atoms in total. The summed E-state index contributed by atoms with van der Waals surface area (Å²) in [5.41, 5.74) is 0. The van der Waals surface area contributed by atoms with Crippen molar-refractivity contribution in [2.45, 2.75) is 32.2 Å². The molecule has 112 valence electrons. The predicted molar refractivity (Wildman–Crippen MR) is 77.4 cm³/mol. The van der Waals surface area contributed by atoms with Crippen molar-refractivity contribution >= 4 is 0 Å². The minimum absolute atomic E-state index is 0.556. The van der Waals surface area contributed by atoms with Crippen LogP contribution in [0.1, 0.15) is 26.2 Å². The van der Waals surface area contributed by atoms with Crippen LogP contribution in [0, 0.1) is 11.8 Å². The molecule has 0 radical (unpaired) electrons. The third kappa shape index (κ3) is 5.78. The van der Waals surface area contributed by atoms with Crippen molar-refractivity contribution in [1.29, 1.82) is 0 Å². The number of likely N-dealkylation sites (N-methyl/N-ethyl adjacent to an activating group) is 2. The van der Waals surface area contributed by atoms with Crippen molar-refractivity contribution in [1.82, 2.24) is 10.2 Å². The molecule has 2 atom stereocenters. The molecule has 1 saturated carbocycles. The first-order valence-corrected chi connectivity index (χ1v) is 7.87. The minimum Gasteiger partial charge on any atom is -0.381 e. The van der Waals surface area contributed by atoms with Crippen LogP contribution in [0.4, 0.5) is 0 Å². The van der Waals surface area contributed by atoms with Gasteiger partial charge in [0.1, 0.15) is 0 Å². The molecule has 0 amide bonds. The Morgan fingerprint density at radius 3 is 2.84 bits per heavy atom. The standard InChI is InChI=1S/C15H30N2O2/c1-3-16-15(14-6-8-18-12-14)10-17(2)7-9-19-11-13-4-5-13/h13-16H,3-12H2,1-2H3. The number of hydrogen-bond donors (Lipinski definition) is 1. The van der Waals surface area contributed by atoms with Crippen LogP contribution in [0.5, 0.6) is 0 Å². The first kappa shape index (κ1) is 15.2. The van der Waals surface area contributed by atoms with Gasteiger partial charge in [0.05, 0.1) is 13.2 Å². The maximum absolute atomic E-state index is 5.71. The molecule has 0 bridgehead atoms. The van der Waals surface area contributed by atoms with E-state index in [1.54, 1.807) is 0 Å². The van der Waals surface area contributed by atoms with Gasteiger partial charge >= 0.3 is 0 Å². The zero-order chi connectivity index (χ0) is 13.5. The Labute approximate surface area is 117 Å². The summed E-state index contributed by atoms with van der Waals surface area (Å²) in [6, 6.07) is 0.556. The lowest BCUT2D eigenvalue weighted by Crippen LogP contribution is -2.45. The number of rotatable bonds is 10. The van der Waals surface area contributed by atoms with Crippen molar-refractivity contribution in [3.05, 3.63) is 0 Å². The van der Waals surface area contributed by atoms with Crippen LogP contribution < -0.4 is 5.32 Å². The van der Waals surface area contributed by atoms with Gasteiger partial charge in [0.25, 0.3) is 0 Å². The highest BCUT2D eigenvalue weighted by atomic mass is 16.5. The molecular formula is C15H30N2O2. The van der Waals surface area contributed by atoms with Gasteiger partial charge in [-0.1, -0.05) is 6.92 Å². The first-order valence-electron chi connectivity index (χ1n) is 7.87. The van der Waals surface area contributed by atoms with E-state index in [-0.39, 0.29) is 0 Å². The lowest BCUT2D eigenvalue weighted by atomic mass is 9.98. The van der Waals surface area contributed by atoms with Crippen LogP contribution in [-0.2, 0) is 9.47 Å². The molecule has 1 N–H and O–H groups in total. The monoisotopic (exact) mass is 270 g/mol. The molecule has 0 spiro atoms. The van der Waals surface area contributed by atoms with Gasteiger partial charge in [-0.25, -0.2) is 0 Å². The lowest BCUT2D eigenvalue weighted by molar-refractivity contribution is 0.0969. The van der Waals surface area contributed by atoms with Gasteiger partial charge in [0.15, 0.2) is 0 Å². The summed E-state index contributed by atoms with van der Waals surface area (Å²) in [5.74, 6) is 1.55. The molecule has 2 fully saturated rings. The summed E-state index contributed by atoms with van der Waals surface area (Å²) < 4.78 is 11.2. The average molecular weight is 270 g/mol. The molecule has 1 aliphatic heterocycles. The zero-order valence-corrected chi connectivity index (χ0v) is 12.6. The number of nitrogens with zero attached hydrogens (tertiary/aromatic N) is 1. The molecule has 0 aromatic heterocycles. The topological polar surface area (TPSA) is 33.7 Å². The van der Waals surface area contributed by atoms with Crippen LogP contribution in [0.25, 0.3) is 0 Å². The Bertz CT molecular complexity index is 240. The summed E-state index contributed by atoms with van der Waals surface area (Å²) in [5, 5.41) is 3.61. The van der Waals surface area contributed by atoms with E-state index in [1.807, 2.05) is 0 Å². The second-order valence-corrected chi connectivity index (χ2v) is 6.07. The van der Waals surface area contributed by atoms with Crippen LogP contribution >= 0.6 is 0 Å². The minimum atomic E-state index is 0.556. The van der Waals surface area contributed by atoms with E-state index in [0.717, 1.165) is 52.0 Å².